The molecule has 0 aromatic heterocycles. The zero-order valence-electron chi connectivity index (χ0n) is 19.9. The second kappa shape index (κ2) is 12.1. The minimum Gasteiger partial charge on any atom is -0.452 e. The molecule has 2 aromatic carbocycles. The van der Waals surface area contributed by atoms with E-state index in [9.17, 15) is 23.6 Å². The van der Waals surface area contributed by atoms with Gasteiger partial charge in [0.15, 0.2) is 6.61 Å². The molecule has 2 N–H and O–H groups in total. The molecule has 0 saturated heterocycles. The Bertz CT molecular complexity index is 1050. The summed E-state index contributed by atoms with van der Waals surface area (Å²) in [6.45, 7) is 2.48. The van der Waals surface area contributed by atoms with E-state index in [1.807, 2.05) is 0 Å². The Morgan fingerprint density at radius 3 is 2.03 bits per heavy atom. The highest BCUT2D eigenvalue weighted by atomic mass is 19.1. The number of nitrogens with one attached hydrogen (secondary N) is 2. The van der Waals surface area contributed by atoms with Gasteiger partial charge in [-0.25, -0.2) is 9.18 Å². The van der Waals surface area contributed by atoms with Crippen molar-refractivity contribution in [3.05, 3.63) is 59.4 Å². The molecule has 0 unspecified atom stereocenters. The number of esters is 1. The summed E-state index contributed by atoms with van der Waals surface area (Å²) in [6.07, 6.45) is 4.86. The van der Waals surface area contributed by atoms with Crippen LogP contribution in [0.1, 0.15) is 61.9 Å². The molecule has 0 spiro atoms. The lowest BCUT2D eigenvalue weighted by molar-refractivity contribution is -0.138. The molecule has 1 aliphatic carbocycles. The van der Waals surface area contributed by atoms with Crippen LogP contribution in [0.15, 0.2) is 42.5 Å². The number of carbonyl (C=O) groups excluding carboxylic acids is 4. The molecule has 0 heterocycles. The minimum atomic E-state index is -0.762. The lowest BCUT2D eigenvalue weighted by Crippen LogP contribution is -2.43. The molecule has 8 nitrogen and oxygen atoms in total. The topological polar surface area (TPSA) is 105 Å². The monoisotopic (exact) mass is 483 g/mol. The second-order valence-corrected chi connectivity index (χ2v) is 8.68. The van der Waals surface area contributed by atoms with Crippen molar-refractivity contribution in [3.8, 4) is 0 Å². The van der Waals surface area contributed by atoms with Gasteiger partial charge < -0.3 is 20.3 Å². The van der Waals surface area contributed by atoms with Crippen LogP contribution >= 0.6 is 0 Å². The number of hydrogen-bond donors (Lipinski definition) is 2. The maximum absolute atomic E-state index is 13.3. The van der Waals surface area contributed by atoms with Crippen LogP contribution in [0.5, 0.6) is 0 Å². The second-order valence-electron chi connectivity index (χ2n) is 8.68. The zero-order valence-corrected chi connectivity index (χ0v) is 19.9. The number of nitrogens with zero attached hydrogens (tertiary/aromatic N) is 1. The third-order valence-corrected chi connectivity index (χ3v) is 5.74. The van der Waals surface area contributed by atoms with Gasteiger partial charge in [0, 0.05) is 37.8 Å². The predicted molar refractivity (Wildman–Crippen MR) is 129 cm³/mol. The highest BCUT2D eigenvalue weighted by molar-refractivity contribution is 5.98. The van der Waals surface area contributed by atoms with Crippen LogP contribution in [0.4, 0.5) is 15.8 Å². The van der Waals surface area contributed by atoms with Crippen LogP contribution in [-0.2, 0) is 25.7 Å². The summed E-state index contributed by atoms with van der Waals surface area (Å²) < 4.78 is 18.6. The van der Waals surface area contributed by atoms with Gasteiger partial charge in [-0.3, -0.25) is 14.4 Å². The van der Waals surface area contributed by atoms with E-state index < -0.39 is 12.6 Å². The third-order valence-electron chi connectivity index (χ3n) is 5.74. The molecule has 3 amide bonds. The van der Waals surface area contributed by atoms with Crippen molar-refractivity contribution in [1.29, 1.82) is 0 Å². The van der Waals surface area contributed by atoms with Gasteiger partial charge in [-0.15, -0.1) is 0 Å². The quantitative estimate of drug-likeness (QED) is 0.546. The van der Waals surface area contributed by atoms with Gasteiger partial charge in [0.05, 0.1) is 5.56 Å². The van der Waals surface area contributed by atoms with E-state index in [4.69, 9.17) is 4.74 Å². The fraction of sp³-hybridized carbons (Fsp3) is 0.385. The van der Waals surface area contributed by atoms with Crippen molar-refractivity contribution in [2.45, 2.75) is 58.5 Å². The van der Waals surface area contributed by atoms with E-state index in [0.29, 0.717) is 17.9 Å². The van der Waals surface area contributed by atoms with Crippen LogP contribution in [0.3, 0.4) is 0 Å². The molecule has 9 heteroatoms. The van der Waals surface area contributed by atoms with E-state index in [1.165, 1.54) is 44.2 Å². The van der Waals surface area contributed by atoms with Crippen LogP contribution in [0, 0.1) is 5.82 Å². The summed E-state index contributed by atoms with van der Waals surface area (Å²) in [5.74, 6) is -2.14. The van der Waals surface area contributed by atoms with E-state index in [-0.39, 0.29) is 35.1 Å². The highest BCUT2D eigenvalue weighted by Gasteiger charge is 2.26. The summed E-state index contributed by atoms with van der Waals surface area (Å²) in [6, 6.07) is 10.4. The smallest absolute Gasteiger partial charge is 0.338 e. The molecule has 1 aliphatic rings. The van der Waals surface area contributed by atoms with E-state index in [0.717, 1.165) is 37.7 Å². The van der Waals surface area contributed by atoms with Crippen molar-refractivity contribution < 1.29 is 28.3 Å². The SMILES string of the molecule is CC(=O)Nc1cc(NC(C)=O)cc(C(=O)OCC(=O)N(Cc2ccc(F)cc2)C2CCCCC2)c1. The first-order valence-electron chi connectivity index (χ1n) is 11.6. The largest absolute Gasteiger partial charge is 0.452 e. The van der Waals surface area contributed by atoms with E-state index in [2.05, 4.69) is 10.6 Å². The molecule has 3 rings (SSSR count). The summed E-state index contributed by atoms with van der Waals surface area (Å²) in [5, 5.41) is 5.14. The number of carbonyl (C=O) groups is 4. The molecule has 1 fully saturated rings. The molecule has 186 valence electrons. The molecular weight excluding hydrogens is 453 g/mol. The normalized spacial score (nSPS) is 13.6. The Balaban J connectivity index is 1.73. The van der Waals surface area contributed by atoms with Crippen molar-refractivity contribution in [3.63, 3.8) is 0 Å². The number of benzene rings is 2. The van der Waals surface area contributed by atoms with Gasteiger partial charge in [0.2, 0.25) is 11.8 Å². The lowest BCUT2D eigenvalue weighted by atomic mass is 9.93. The third kappa shape index (κ3) is 7.91. The number of hydrogen-bond acceptors (Lipinski definition) is 5. The fourth-order valence-electron chi connectivity index (χ4n) is 4.19. The highest BCUT2D eigenvalue weighted by Crippen LogP contribution is 2.25. The molecule has 0 atom stereocenters. The number of halogens is 1. The average molecular weight is 484 g/mol. The minimum absolute atomic E-state index is 0.0227. The predicted octanol–water partition coefficient (Wildman–Crippen LogP) is 4.26. The number of amides is 3. The lowest BCUT2D eigenvalue weighted by Gasteiger charge is -2.34. The molecule has 2 aromatic rings. The molecule has 0 radical (unpaired) electrons. The van der Waals surface area contributed by atoms with Crippen molar-refractivity contribution in [1.82, 2.24) is 4.90 Å². The maximum atomic E-state index is 13.3. The molecular formula is C26H30FN3O5. The first-order valence-corrected chi connectivity index (χ1v) is 11.6. The first-order chi connectivity index (χ1) is 16.7. The summed E-state index contributed by atoms with van der Waals surface area (Å²) in [4.78, 5) is 50.5. The Morgan fingerprint density at radius 2 is 1.49 bits per heavy atom. The molecule has 1 saturated carbocycles. The Hall–Kier alpha value is -3.75. The van der Waals surface area contributed by atoms with Gasteiger partial charge in [-0.2, -0.15) is 0 Å². The van der Waals surface area contributed by atoms with E-state index in [1.54, 1.807) is 17.0 Å². The van der Waals surface area contributed by atoms with Crippen molar-refractivity contribution >= 4 is 35.1 Å². The van der Waals surface area contributed by atoms with Crippen LogP contribution < -0.4 is 10.6 Å². The standard InChI is InChI=1S/C26H30FN3O5/c1-17(31)28-22-12-20(13-23(14-22)29-18(2)32)26(34)35-16-25(33)30(24-6-4-3-5-7-24)15-19-8-10-21(27)11-9-19/h8-14,24H,3-7,15-16H2,1-2H3,(H,28,31)(H,29,32). The number of rotatable bonds is 8. The fourth-order valence-corrected chi connectivity index (χ4v) is 4.19. The first kappa shape index (κ1) is 25.9. The van der Waals surface area contributed by atoms with Crippen molar-refractivity contribution in [2.24, 2.45) is 0 Å². The Labute approximate surface area is 203 Å². The van der Waals surface area contributed by atoms with E-state index >= 15 is 0 Å². The summed E-state index contributed by atoms with van der Waals surface area (Å²) in [7, 11) is 0. The number of anilines is 2. The summed E-state index contributed by atoms with van der Waals surface area (Å²) >= 11 is 0. The Kier molecular flexibility index (Phi) is 8.94. The van der Waals surface area contributed by atoms with Gasteiger partial charge >= 0.3 is 5.97 Å². The molecule has 0 aliphatic heterocycles. The van der Waals surface area contributed by atoms with Crippen LogP contribution in [-0.4, -0.2) is 41.2 Å². The van der Waals surface area contributed by atoms with Gasteiger partial charge in [-0.05, 0) is 48.7 Å². The van der Waals surface area contributed by atoms with Crippen LogP contribution in [0.25, 0.3) is 0 Å². The van der Waals surface area contributed by atoms with Gasteiger partial charge in [-0.1, -0.05) is 31.4 Å². The van der Waals surface area contributed by atoms with Crippen LogP contribution in [0.2, 0.25) is 0 Å². The van der Waals surface area contributed by atoms with Crippen molar-refractivity contribution in [2.75, 3.05) is 17.2 Å². The zero-order chi connectivity index (χ0) is 25.4. The molecule has 35 heavy (non-hydrogen) atoms. The van der Waals surface area contributed by atoms with Gasteiger partial charge in [0.1, 0.15) is 5.82 Å². The number of ether oxygens (including phenoxy) is 1. The maximum Gasteiger partial charge on any atom is 0.338 e. The average Bonchev–Trinajstić information content (AvgIpc) is 2.81. The molecule has 0 bridgehead atoms. The van der Waals surface area contributed by atoms with Gasteiger partial charge in [0.25, 0.3) is 5.91 Å². The Morgan fingerprint density at radius 1 is 0.914 bits per heavy atom. The summed E-state index contributed by atoms with van der Waals surface area (Å²) in [5.41, 5.74) is 1.49.